The van der Waals surface area contributed by atoms with Gasteiger partial charge in [0.1, 0.15) is 5.82 Å². The average Bonchev–Trinajstić information content (AvgIpc) is 3.52. The van der Waals surface area contributed by atoms with Gasteiger partial charge in [-0.25, -0.2) is 4.98 Å². The zero-order valence-corrected chi connectivity index (χ0v) is 19.3. The van der Waals surface area contributed by atoms with Crippen molar-refractivity contribution in [1.29, 1.82) is 0 Å². The molecule has 5 rings (SSSR count). The van der Waals surface area contributed by atoms with E-state index in [-0.39, 0.29) is 11.9 Å². The van der Waals surface area contributed by atoms with E-state index in [4.69, 9.17) is 23.2 Å². The van der Waals surface area contributed by atoms with Crippen LogP contribution in [0.5, 0.6) is 0 Å². The van der Waals surface area contributed by atoms with Crippen LogP contribution in [-0.2, 0) is 12.6 Å². The Hall–Kier alpha value is -2.00. The van der Waals surface area contributed by atoms with Crippen molar-refractivity contribution in [1.82, 2.24) is 20.2 Å². The molecule has 0 spiro atoms. The second-order valence-corrected chi connectivity index (χ2v) is 9.49. The first-order valence-corrected chi connectivity index (χ1v) is 11.8. The Labute approximate surface area is 199 Å². The Bertz CT molecular complexity index is 1160. The molecular weight excluding hydrogens is 474 g/mol. The van der Waals surface area contributed by atoms with E-state index < -0.39 is 16.9 Å². The van der Waals surface area contributed by atoms with Crippen molar-refractivity contribution in [3.8, 4) is 0 Å². The lowest BCUT2D eigenvalue weighted by Gasteiger charge is -2.36. The molecule has 2 aromatic heterocycles. The highest BCUT2D eigenvalue weighted by Gasteiger charge is 2.36. The van der Waals surface area contributed by atoms with E-state index in [0.717, 1.165) is 35.4 Å². The molecule has 176 valence electrons. The van der Waals surface area contributed by atoms with Gasteiger partial charge < -0.3 is 15.6 Å². The third-order valence-electron chi connectivity index (χ3n) is 6.32. The number of rotatable bonds is 7. The Morgan fingerprint density at radius 3 is 2.73 bits per heavy atom. The van der Waals surface area contributed by atoms with Crippen molar-refractivity contribution in [3.63, 3.8) is 0 Å². The quantitative estimate of drug-likeness (QED) is 0.394. The van der Waals surface area contributed by atoms with Gasteiger partial charge in [0.25, 0.3) is 0 Å². The van der Waals surface area contributed by atoms with Gasteiger partial charge in [-0.1, -0.05) is 23.2 Å². The lowest BCUT2D eigenvalue weighted by atomic mass is 9.97. The van der Waals surface area contributed by atoms with Gasteiger partial charge in [-0.05, 0) is 55.2 Å². The van der Waals surface area contributed by atoms with Crippen LogP contribution in [0.2, 0.25) is 10.0 Å². The number of aromatic amines is 1. The van der Waals surface area contributed by atoms with Crippen LogP contribution >= 0.6 is 23.2 Å². The molecule has 0 saturated heterocycles. The molecular formula is C23H24Cl2F3N5. The highest BCUT2D eigenvalue weighted by Crippen LogP contribution is 2.36. The number of alkyl halides is 3. The van der Waals surface area contributed by atoms with Crippen molar-refractivity contribution < 1.29 is 13.2 Å². The predicted molar refractivity (Wildman–Crippen MR) is 125 cm³/mol. The van der Waals surface area contributed by atoms with Crippen LogP contribution in [0.15, 0.2) is 30.3 Å². The highest BCUT2D eigenvalue weighted by molar-refractivity contribution is 6.31. The van der Waals surface area contributed by atoms with Gasteiger partial charge in [0, 0.05) is 53.8 Å². The van der Waals surface area contributed by atoms with Crippen LogP contribution < -0.4 is 10.6 Å². The molecule has 3 heterocycles. The fourth-order valence-electron chi connectivity index (χ4n) is 4.52. The van der Waals surface area contributed by atoms with Crippen molar-refractivity contribution in [2.45, 2.75) is 37.5 Å². The summed E-state index contributed by atoms with van der Waals surface area (Å²) < 4.78 is 39.3. The average molecular weight is 498 g/mol. The number of H-pyrrole nitrogens is 1. The summed E-state index contributed by atoms with van der Waals surface area (Å²) in [5, 5.41) is 8.14. The van der Waals surface area contributed by atoms with Gasteiger partial charge in [-0.15, -0.1) is 0 Å². The number of hydrogen-bond donors (Lipinski definition) is 3. The largest absolute Gasteiger partial charge is 0.434 e. The molecule has 1 aromatic carbocycles. The molecule has 1 unspecified atom stereocenters. The number of pyridine rings is 1. The van der Waals surface area contributed by atoms with E-state index in [0.29, 0.717) is 19.1 Å². The van der Waals surface area contributed by atoms with Crippen LogP contribution in [0.4, 0.5) is 19.0 Å². The molecule has 1 fully saturated rings. The molecule has 0 amide bonds. The normalized spacial score (nSPS) is 19.1. The van der Waals surface area contributed by atoms with Crippen LogP contribution in [0.25, 0.3) is 10.9 Å². The number of benzene rings is 1. The first-order chi connectivity index (χ1) is 15.8. The number of anilines is 1. The third kappa shape index (κ3) is 4.94. The maximum Gasteiger partial charge on any atom is 0.434 e. The number of halogens is 5. The minimum absolute atomic E-state index is 0.145. The van der Waals surface area contributed by atoms with Gasteiger partial charge in [0.2, 0.25) is 0 Å². The zero-order valence-electron chi connectivity index (χ0n) is 17.8. The van der Waals surface area contributed by atoms with E-state index in [1.165, 1.54) is 36.2 Å². The number of aromatic nitrogens is 2. The van der Waals surface area contributed by atoms with Crippen molar-refractivity contribution in [2.75, 3.05) is 31.5 Å². The van der Waals surface area contributed by atoms with E-state index in [1.807, 2.05) is 18.2 Å². The summed E-state index contributed by atoms with van der Waals surface area (Å²) in [6.45, 7) is 2.80. The lowest BCUT2D eigenvalue weighted by Crippen LogP contribution is -2.43. The fourth-order valence-corrected chi connectivity index (χ4v) is 4.90. The van der Waals surface area contributed by atoms with E-state index in [2.05, 4.69) is 25.5 Å². The van der Waals surface area contributed by atoms with Crippen molar-refractivity contribution >= 4 is 39.9 Å². The topological polar surface area (TPSA) is 56.0 Å². The second kappa shape index (κ2) is 8.98. The fraction of sp³-hybridized carbons (Fsp3) is 0.435. The molecule has 33 heavy (non-hydrogen) atoms. The van der Waals surface area contributed by atoms with Crippen LogP contribution in [0.1, 0.15) is 35.8 Å². The smallest absolute Gasteiger partial charge is 0.369 e. The van der Waals surface area contributed by atoms with Gasteiger partial charge in [0.15, 0.2) is 5.69 Å². The summed E-state index contributed by atoms with van der Waals surface area (Å²) in [5.74, 6) is 0.164. The summed E-state index contributed by atoms with van der Waals surface area (Å²) in [4.78, 5) is 9.62. The number of fused-ring (bicyclic) bond motifs is 3. The maximum absolute atomic E-state index is 13.1. The van der Waals surface area contributed by atoms with Gasteiger partial charge in [-0.2, -0.15) is 13.2 Å². The van der Waals surface area contributed by atoms with Crippen LogP contribution in [-0.4, -0.2) is 47.1 Å². The van der Waals surface area contributed by atoms with E-state index >= 15 is 0 Å². The summed E-state index contributed by atoms with van der Waals surface area (Å²) in [5.41, 5.74) is 2.50. The van der Waals surface area contributed by atoms with Crippen LogP contribution in [0, 0.1) is 0 Å². The summed E-state index contributed by atoms with van der Waals surface area (Å²) in [7, 11) is 0. The molecule has 1 saturated carbocycles. The molecule has 1 atom stereocenters. The Balaban J connectivity index is 1.32. The van der Waals surface area contributed by atoms with Crippen molar-refractivity contribution in [2.24, 2.45) is 0 Å². The lowest BCUT2D eigenvalue weighted by molar-refractivity contribution is -0.141. The van der Waals surface area contributed by atoms with Gasteiger partial charge in [-0.3, -0.25) is 4.90 Å². The number of hydrogen-bond acceptors (Lipinski definition) is 4. The Morgan fingerprint density at radius 1 is 1.15 bits per heavy atom. The number of nitrogens with one attached hydrogen (secondary N) is 3. The summed E-state index contributed by atoms with van der Waals surface area (Å²) in [6, 6.07) is 9.33. The molecule has 10 heteroatoms. The minimum Gasteiger partial charge on any atom is -0.369 e. The number of nitrogens with zero attached hydrogens (tertiary/aromatic N) is 2. The van der Waals surface area contributed by atoms with Crippen molar-refractivity contribution in [3.05, 3.63) is 57.3 Å². The monoisotopic (exact) mass is 497 g/mol. The molecule has 3 aromatic rings. The predicted octanol–water partition coefficient (Wildman–Crippen LogP) is 5.65. The molecule has 5 nitrogen and oxygen atoms in total. The third-order valence-corrected chi connectivity index (χ3v) is 6.86. The second-order valence-electron chi connectivity index (χ2n) is 8.64. The van der Waals surface area contributed by atoms with Gasteiger partial charge in [0.05, 0.1) is 11.1 Å². The Morgan fingerprint density at radius 2 is 1.97 bits per heavy atom. The van der Waals surface area contributed by atoms with Gasteiger partial charge >= 0.3 is 6.18 Å². The maximum atomic E-state index is 13.1. The molecule has 3 N–H and O–H groups in total. The molecule has 1 aliphatic heterocycles. The SMILES string of the molecule is FC(F)(F)c1nc(NCCN2CCc3c([nH]c4ccc(Cl)cc34)C2CNC2CC2)ccc1Cl. The first kappa shape index (κ1) is 22.8. The summed E-state index contributed by atoms with van der Waals surface area (Å²) >= 11 is 11.9. The van der Waals surface area contributed by atoms with E-state index in [1.54, 1.807) is 0 Å². The molecule has 0 radical (unpaired) electrons. The Kier molecular flexibility index (Phi) is 6.20. The van der Waals surface area contributed by atoms with E-state index in [9.17, 15) is 13.2 Å². The summed E-state index contributed by atoms with van der Waals surface area (Å²) in [6.07, 6.45) is -1.30. The molecule has 2 aliphatic rings. The molecule has 0 bridgehead atoms. The zero-order chi connectivity index (χ0) is 23.2. The minimum atomic E-state index is -4.59. The molecule has 1 aliphatic carbocycles. The highest BCUT2D eigenvalue weighted by atomic mass is 35.5. The van der Waals surface area contributed by atoms with Crippen LogP contribution in [0.3, 0.4) is 0 Å². The first-order valence-electron chi connectivity index (χ1n) is 11.0. The standard InChI is InChI=1S/C23H24Cl2F3N5/c24-13-1-5-18-16(11-13)15-7-9-33(19(21(15)31-18)12-30-14-2-3-14)10-8-29-20-6-4-17(25)22(32-20)23(26,27)28/h1,4-6,11,14,19,30-31H,2-3,7-10,12H2,(H,29,32).